The van der Waals surface area contributed by atoms with E-state index in [4.69, 9.17) is 0 Å². The molecule has 1 N–H and O–H groups in total. The van der Waals surface area contributed by atoms with Gasteiger partial charge < -0.3 is 5.11 Å². The molecule has 0 saturated heterocycles. The maximum absolute atomic E-state index is 13.4. The van der Waals surface area contributed by atoms with Crippen LogP contribution >= 0.6 is 0 Å². The Morgan fingerprint density at radius 2 is 1.57 bits per heavy atom. The highest BCUT2D eigenvalue weighted by molar-refractivity contribution is 7.89. The number of pyridine rings is 1. The number of hydrogen-bond acceptors (Lipinski definition) is 4. The van der Waals surface area contributed by atoms with Gasteiger partial charge in [0.15, 0.2) is 0 Å². The summed E-state index contributed by atoms with van der Waals surface area (Å²) in [6.45, 7) is 0.313. The van der Waals surface area contributed by atoms with Crippen molar-refractivity contribution in [1.29, 1.82) is 0 Å². The molecule has 0 fully saturated rings. The molecule has 4 rings (SSSR count). The van der Waals surface area contributed by atoms with Crippen molar-refractivity contribution in [2.24, 2.45) is 0 Å². The Morgan fingerprint density at radius 3 is 2.32 bits per heavy atom. The number of nitrogens with zero attached hydrogens (tertiary/aromatic N) is 2. The van der Waals surface area contributed by atoms with Crippen LogP contribution in [0.4, 0.5) is 0 Å². The van der Waals surface area contributed by atoms with Gasteiger partial charge in [-0.15, -0.1) is 0 Å². The molecule has 3 aromatic rings. The van der Waals surface area contributed by atoms with Crippen LogP contribution in [0.5, 0.6) is 0 Å². The van der Waals surface area contributed by atoms with Crippen LogP contribution in [0, 0.1) is 0 Å². The van der Waals surface area contributed by atoms with E-state index in [1.165, 1.54) is 4.31 Å². The third kappa shape index (κ3) is 3.58. The lowest BCUT2D eigenvalue weighted by molar-refractivity contribution is 0.0800. The number of sulfonamides is 1. The quantitative estimate of drug-likeness (QED) is 0.722. The third-order valence-corrected chi connectivity index (χ3v) is 7.21. The van der Waals surface area contributed by atoms with Gasteiger partial charge in [0.05, 0.1) is 17.0 Å². The minimum atomic E-state index is -3.70. The second kappa shape index (κ2) is 7.83. The standard InChI is InChI=1S/C22H22N2O3S/c25-22-19-8-4-5-9-21(19)28(26,27)24(15-12-17-6-2-1-3-7-17)20(22)16-18-10-13-23-14-11-18/h1-11,13-14,20,22,25H,12,15-16H2/t20-,22+/m1/s1. The van der Waals surface area contributed by atoms with Crippen molar-refractivity contribution < 1.29 is 13.5 Å². The summed E-state index contributed by atoms with van der Waals surface area (Å²) in [5.74, 6) is 0. The molecule has 6 heteroatoms. The Bertz CT molecular complexity index is 1040. The molecule has 144 valence electrons. The normalized spacial score (nSPS) is 21.2. The fourth-order valence-corrected chi connectivity index (χ4v) is 5.64. The number of aliphatic hydroxyl groups excluding tert-OH is 1. The fourth-order valence-electron chi connectivity index (χ4n) is 3.77. The van der Waals surface area contributed by atoms with Gasteiger partial charge in [0.2, 0.25) is 10.0 Å². The molecule has 5 nitrogen and oxygen atoms in total. The zero-order valence-electron chi connectivity index (χ0n) is 15.3. The number of rotatable bonds is 5. The molecule has 0 amide bonds. The van der Waals surface area contributed by atoms with Crippen LogP contribution in [0.15, 0.2) is 84.0 Å². The molecule has 2 aromatic carbocycles. The number of aromatic nitrogens is 1. The Kier molecular flexibility index (Phi) is 5.26. The van der Waals surface area contributed by atoms with Crippen LogP contribution in [0.2, 0.25) is 0 Å². The van der Waals surface area contributed by atoms with Gasteiger partial charge >= 0.3 is 0 Å². The van der Waals surface area contributed by atoms with Crippen molar-refractivity contribution >= 4 is 10.0 Å². The molecule has 1 aromatic heterocycles. The maximum Gasteiger partial charge on any atom is 0.243 e. The first kappa shape index (κ1) is 18.8. The predicted octanol–water partition coefficient (Wildman–Crippen LogP) is 2.97. The van der Waals surface area contributed by atoms with E-state index in [0.29, 0.717) is 24.9 Å². The average molecular weight is 394 g/mol. The van der Waals surface area contributed by atoms with E-state index < -0.39 is 22.2 Å². The van der Waals surface area contributed by atoms with E-state index in [9.17, 15) is 13.5 Å². The van der Waals surface area contributed by atoms with Crippen molar-refractivity contribution in [2.75, 3.05) is 6.54 Å². The second-order valence-corrected chi connectivity index (χ2v) is 8.82. The summed E-state index contributed by atoms with van der Waals surface area (Å²) in [6.07, 6.45) is 3.49. The molecule has 0 bridgehead atoms. The summed E-state index contributed by atoms with van der Waals surface area (Å²) < 4.78 is 28.2. The van der Waals surface area contributed by atoms with E-state index in [-0.39, 0.29) is 4.90 Å². The molecule has 28 heavy (non-hydrogen) atoms. The minimum absolute atomic E-state index is 0.196. The highest BCUT2D eigenvalue weighted by Gasteiger charge is 2.43. The molecule has 0 aliphatic carbocycles. The first-order valence-corrected chi connectivity index (χ1v) is 10.7. The van der Waals surface area contributed by atoms with E-state index >= 15 is 0 Å². The summed E-state index contributed by atoms with van der Waals surface area (Å²) >= 11 is 0. The zero-order valence-corrected chi connectivity index (χ0v) is 16.2. The lowest BCUT2D eigenvalue weighted by atomic mass is 9.95. The summed E-state index contributed by atoms with van der Waals surface area (Å²) in [5, 5.41) is 11.1. The van der Waals surface area contributed by atoms with Crippen LogP contribution in [0.1, 0.15) is 22.8 Å². The number of hydrogen-bond donors (Lipinski definition) is 1. The topological polar surface area (TPSA) is 70.5 Å². The summed E-state index contributed by atoms with van der Waals surface area (Å²) in [7, 11) is -3.70. The van der Waals surface area contributed by atoms with Gasteiger partial charge in [-0.05, 0) is 42.2 Å². The van der Waals surface area contributed by atoms with Crippen molar-refractivity contribution in [2.45, 2.75) is 29.9 Å². The smallest absolute Gasteiger partial charge is 0.243 e. The Hall–Kier alpha value is -2.54. The molecule has 0 spiro atoms. The van der Waals surface area contributed by atoms with Crippen molar-refractivity contribution in [3.63, 3.8) is 0 Å². The predicted molar refractivity (Wildman–Crippen MR) is 107 cm³/mol. The maximum atomic E-state index is 13.4. The molecule has 1 aliphatic heterocycles. The summed E-state index contributed by atoms with van der Waals surface area (Å²) in [5.41, 5.74) is 2.48. The number of aliphatic hydroxyl groups is 1. The van der Waals surface area contributed by atoms with Gasteiger partial charge in [0.1, 0.15) is 0 Å². The van der Waals surface area contributed by atoms with Gasteiger partial charge in [-0.2, -0.15) is 4.31 Å². The van der Waals surface area contributed by atoms with Crippen molar-refractivity contribution in [3.05, 3.63) is 95.8 Å². The van der Waals surface area contributed by atoms with Crippen LogP contribution < -0.4 is 0 Å². The highest BCUT2D eigenvalue weighted by Crippen LogP contribution is 2.38. The summed E-state index contributed by atoms with van der Waals surface area (Å²) in [4.78, 5) is 4.22. The third-order valence-electron chi connectivity index (χ3n) is 5.22. The molecule has 2 heterocycles. The van der Waals surface area contributed by atoms with E-state index in [1.54, 1.807) is 36.7 Å². The molecule has 1 aliphatic rings. The van der Waals surface area contributed by atoms with Crippen molar-refractivity contribution in [1.82, 2.24) is 9.29 Å². The van der Waals surface area contributed by atoms with Crippen LogP contribution in [-0.2, 0) is 22.9 Å². The van der Waals surface area contributed by atoms with Crippen LogP contribution in [-0.4, -0.2) is 35.4 Å². The van der Waals surface area contributed by atoms with Crippen LogP contribution in [0.3, 0.4) is 0 Å². The lowest BCUT2D eigenvalue weighted by Crippen LogP contribution is -2.49. The van der Waals surface area contributed by atoms with Gasteiger partial charge in [0.25, 0.3) is 0 Å². The largest absolute Gasteiger partial charge is 0.387 e. The fraction of sp³-hybridized carbons (Fsp3) is 0.227. The van der Waals surface area contributed by atoms with Gasteiger partial charge in [-0.3, -0.25) is 4.98 Å². The molecule has 0 unspecified atom stereocenters. The zero-order chi connectivity index (χ0) is 19.6. The molecular formula is C22H22N2O3S. The van der Waals surface area contributed by atoms with E-state index in [1.807, 2.05) is 42.5 Å². The highest BCUT2D eigenvalue weighted by atomic mass is 32.2. The van der Waals surface area contributed by atoms with Crippen LogP contribution in [0.25, 0.3) is 0 Å². The molecule has 2 atom stereocenters. The first-order valence-electron chi connectivity index (χ1n) is 9.29. The lowest BCUT2D eigenvalue weighted by Gasteiger charge is -2.39. The first-order chi connectivity index (χ1) is 13.6. The minimum Gasteiger partial charge on any atom is -0.387 e. The molecular weight excluding hydrogens is 372 g/mol. The van der Waals surface area contributed by atoms with E-state index in [0.717, 1.165) is 11.1 Å². The monoisotopic (exact) mass is 394 g/mol. The Morgan fingerprint density at radius 1 is 0.893 bits per heavy atom. The molecule has 0 saturated carbocycles. The Labute approximate surface area is 165 Å². The SMILES string of the molecule is O=S1(=O)c2ccccc2[C@H](O)[C@@H](Cc2ccncc2)N1CCc1ccccc1. The number of benzene rings is 2. The number of fused-ring (bicyclic) bond motifs is 1. The van der Waals surface area contributed by atoms with Gasteiger partial charge in [-0.1, -0.05) is 48.5 Å². The molecule has 0 radical (unpaired) electrons. The average Bonchev–Trinajstić information content (AvgIpc) is 2.73. The van der Waals surface area contributed by atoms with Gasteiger partial charge in [-0.25, -0.2) is 8.42 Å². The van der Waals surface area contributed by atoms with Crippen molar-refractivity contribution in [3.8, 4) is 0 Å². The van der Waals surface area contributed by atoms with E-state index in [2.05, 4.69) is 4.98 Å². The Balaban J connectivity index is 1.71. The summed E-state index contributed by atoms with van der Waals surface area (Å²) in [6, 6.07) is 19.7. The second-order valence-electron chi connectivity index (χ2n) is 6.96. The van der Waals surface area contributed by atoms with Gasteiger partial charge in [0, 0.05) is 24.5 Å².